The normalized spacial score (nSPS) is 20.4. The van der Waals surface area contributed by atoms with E-state index in [1.54, 1.807) is 12.1 Å². The van der Waals surface area contributed by atoms with Crippen LogP contribution in [0.5, 0.6) is 5.75 Å². The molecule has 5 heteroatoms. The summed E-state index contributed by atoms with van der Waals surface area (Å²) in [5, 5.41) is 9.63. The summed E-state index contributed by atoms with van der Waals surface area (Å²) < 4.78 is 0. The van der Waals surface area contributed by atoms with Crippen LogP contribution in [0.15, 0.2) is 48.5 Å². The monoisotopic (exact) mass is 322 g/mol. The van der Waals surface area contributed by atoms with E-state index < -0.39 is 6.04 Å². The molecule has 1 atom stereocenters. The number of imide groups is 1. The first-order valence-electron chi connectivity index (χ1n) is 8.15. The minimum absolute atomic E-state index is 0.0415. The number of nitrogens with zero attached hydrogens (tertiary/aromatic N) is 2. The van der Waals surface area contributed by atoms with Crippen LogP contribution in [0, 0.1) is 0 Å². The molecule has 0 radical (unpaired) electrons. The number of para-hydroxylation sites is 1. The summed E-state index contributed by atoms with van der Waals surface area (Å²) in [6.07, 6.45) is 2.14. The lowest BCUT2D eigenvalue weighted by atomic mass is 9.99. The molecular formula is C19H18N2O3. The number of aryl methyl sites for hydroxylation is 1. The summed E-state index contributed by atoms with van der Waals surface area (Å²) in [6.45, 7) is 0.772. The smallest absolute Gasteiger partial charge is 0.256 e. The van der Waals surface area contributed by atoms with Crippen LogP contribution < -0.4 is 9.80 Å². The molecule has 1 saturated heterocycles. The van der Waals surface area contributed by atoms with E-state index in [4.69, 9.17) is 0 Å². The highest BCUT2D eigenvalue weighted by molar-refractivity contribution is 6.23. The zero-order valence-corrected chi connectivity index (χ0v) is 13.2. The Kier molecular flexibility index (Phi) is 3.49. The van der Waals surface area contributed by atoms with E-state index in [-0.39, 0.29) is 24.0 Å². The fraction of sp³-hybridized carbons (Fsp3) is 0.263. The molecule has 0 aliphatic carbocycles. The molecule has 122 valence electrons. The van der Waals surface area contributed by atoms with E-state index in [1.807, 2.05) is 18.2 Å². The highest BCUT2D eigenvalue weighted by atomic mass is 16.3. The first-order valence-corrected chi connectivity index (χ1v) is 8.15. The summed E-state index contributed by atoms with van der Waals surface area (Å²) in [6, 6.07) is 13.9. The van der Waals surface area contributed by atoms with Gasteiger partial charge < -0.3 is 10.0 Å². The molecule has 0 bridgehead atoms. The fourth-order valence-corrected chi connectivity index (χ4v) is 3.65. The number of anilines is 2. The Labute approximate surface area is 140 Å². The number of hydrogen-bond donors (Lipinski definition) is 1. The molecule has 2 aromatic carbocycles. The van der Waals surface area contributed by atoms with E-state index in [2.05, 4.69) is 11.0 Å². The molecule has 4 rings (SSSR count). The molecular weight excluding hydrogens is 304 g/mol. The lowest BCUT2D eigenvalue weighted by molar-refractivity contribution is -0.121. The number of hydrogen-bond acceptors (Lipinski definition) is 4. The number of carbonyl (C=O) groups excluding carboxylic acids is 2. The zero-order valence-electron chi connectivity index (χ0n) is 13.2. The third-order valence-electron chi connectivity index (χ3n) is 4.73. The summed E-state index contributed by atoms with van der Waals surface area (Å²) in [7, 11) is 0. The maximum absolute atomic E-state index is 12.9. The molecule has 0 spiro atoms. The van der Waals surface area contributed by atoms with Crippen molar-refractivity contribution in [2.75, 3.05) is 16.3 Å². The van der Waals surface area contributed by atoms with Crippen LogP contribution in [-0.4, -0.2) is 29.5 Å². The molecule has 1 unspecified atom stereocenters. The van der Waals surface area contributed by atoms with Crippen LogP contribution in [0.25, 0.3) is 0 Å². The molecule has 2 aliphatic heterocycles. The predicted molar refractivity (Wildman–Crippen MR) is 91.1 cm³/mol. The number of rotatable bonds is 2. The van der Waals surface area contributed by atoms with Gasteiger partial charge in [-0.3, -0.25) is 9.59 Å². The molecule has 2 amide bonds. The molecule has 5 nitrogen and oxygen atoms in total. The Hall–Kier alpha value is -2.82. The Morgan fingerprint density at radius 3 is 2.71 bits per heavy atom. The van der Waals surface area contributed by atoms with Crippen LogP contribution in [0.1, 0.15) is 18.4 Å². The summed E-state index contributed by atoms with van der Waals surface area (Å²) in [5.74, 6) is -0.402. The van der Waals surface area contributed by atoms with Crippen LogP contribution in [-0.2, 0) is 16.0 Å². The van der Waals surface area contributed by atoms with Crippen LogP contribution in [0.3, 0.4) is 0 Å². The fourth-order valence-electron chi connectivity index (χ4n) is 3.65. The first kappa shape index (κ1) is 14.8. The average Bonchev–Trinajstić information content (AvgIpc) is 2.89. The highest BCUT2D eigenvalue weighted by Crippen LogP contribution is 2.34. The van der Waals surface area contributed by atoms with Gasteiger partial charge in [-0.05, 0) is 36.6 Å². The van der Waals surface area contributed by atoms with Crippen molar-refractivity contribution in [3.8, 4) is 5.75 Å². The minimum atomic E-state index is -0.471. The summed E-state index contributed by atoms with van der Waals surface area (Å²) in [4.78, 5) is 28.6. The number of carbonyl (C=O) groups is 2. The zero-order chi connectivity index (χ0) is 16.7. The van der Waals surface area contributed by atoms with Crippen molar-refractivity contribution in [1.29, 1.82) is 0 Å². The summed E-state index contributed by atoms with van der Waals surface area (Å²) >= 11 is 0. The van der Waals surface area contributed by atoms with E-state index in [0.717, 1.165) is 25.1 Å². The van der Waals surface area contributed by atoms with E-state index in [1.165, 1.54) is 22.6 Å². The van der Waals surface area contributed by atoms with Gasteiger partial charge in [0.25, 0.3) is 5.91 Å². The molecule has 24 heavy (non-hydrogen) atoms. The second kappa shape index (κ2) is 5.67. The summed E-state index contributed by atoms with van der Waals surface area (Å²) in [5.41, 5.74) is 2.70. The number of fused-ring (bicyclic) bond motifs is 1. The largest absolute Gasteiger partial charge is 0.508 e. The minimum Gasteiger partial charge on any atom is -0.508 e. The number of phenolic OH excluding ortho intramolecular Hbond substituents is 1. The van der Waals surface area contributed by atoms with Crippen LogP contribution in [0.2, 0.25) is 0 Å². The predicted octanol–water partition coefficient (Wildman–Crippen LogP) is 2.48. The van der Waals surface area contributed by atoms with Crippen molar-refractivity contribution in [1.82, 2.24) is 0 Å². The Balaban J connectivity index is 1.67. The van der Waals surface area contributed by atoms with Gasteiger partial charge in [0.05, 0.1) is 12.1 Å². The van der Waals surface area contributed by atoms with Gasteiger partial charge >= 0.3 is 0 Å². The Morgan fingerprint density at radius 2 is 1.88 bits per heavy atom. The van der Waals surface area contributed by atoms with Gasteiger partial charge in [0, 0.05) is 18.3 Å². The lowest BCUT2D eigenvalue weighted by Crippen LogP contribution is -2.44. The highest BCUT2D eigenvalue weighted by Gasteiger charge is 2.43. The van der Waals surface area contributed by atoms with Gasteiger partial charge in [0.2, 0.25) is 5.91 Å². The van der Waals surface area contributed by atoms with Crippen molar-refractivity contribution >= 4 is 23.2 Å². The molecule has 0 saturated carbocycles. The lowest BCUT2D eigenvalue weighted by Gasteiger charge is -2.34. The van der Waals surface area contributed by atoms with Crippen molar-refractivity contribution in [3.63, 3.8) is 0 Å². The van der Waals surface area contributed by atoms with Crippen LogP contribution >= 0.6 is 0 Å². The second-order valence-corrected chi connectivity index (χ2v) is 6.23. The molecule has 1 N–H and O–H groups in total. The number of benzene rings is 2. The maximum Gasteiger partial charge on any atom is 0.256 e. The molecule has 2 aromatic rings. The van der Waals surface area contributed by atoms with Gasteiger partial charge in [0.15, 0.2) is 0 Å². The van der Waals surface area contributed by atoms with Crippen LogP contribution in [0.4, 0.5) is 11.4 Å². The van der Waals surface area contributed by atoms with E-state index in [9.17, 15) is 14.7 Å². The molecule has 2 heterocycles. The second-order valence-electron chi connectivity index (χ2n) is 6.23. The molecule has 1 fully saturated rings. The standard InChI is InChI=1S/C19H18N2O3/c22-15-8-3-7-14(11-15)21-18(23)12-17(19(21)24)20-10-4-6-13-5-1-2-9-16(13)20/h1-3,5,7-9,11,17,22H,4,6,10,12H2. The molecule has 0 aromatic heterocycles. The maximum atomic E-state index is 12.9. The third-order valence-corrected chi connectivity index (χ3v) is 4.73. The quantitative estimate of drug-likeness (QED) is 0.863. The van der Waals surface area contributed by atoms with Crippen molar-refractivity contribution in [2.24, 2.45) is 0 Å². The van der Waals surface area contributed by atoms with Gasteiger partial charge in [0.1, 0.15) is 11.8 Å². The van der Waals surface area contributed by atoms with Crippen molar-refractivity contribution < 1.29 is 14.7 Å². The third kappa shape index (κ3) is 2.33. The average molecular weight is 322 g/mol. The Morgan fingerprint density at radius 1 is 1.04 bits per heavy atom. The van der Waals surface area contributed by atoms with E-state index in [0.29, 0.717) is 5.69 Å². The Bertz CT molecular complexity index is 818. The van der Waals surface area contributed by atoms with E-state index >= 15 is 0 Å². The first-order chi connectivity index (χ1) is 11.6. The van der Waals surface area contributed by atoms with Gasteiger partial charge in [-0.15, -0.1) is 0 Å². The number of phenols is 1. The topological polar surface area (TPSA) is 60.9 Å². The number of amides is 2. The van der Waals surface area contributed by atoms with Crippen molar-refractivity contribution in [3.05, 3.63) is 54.1 Å². The van der Waals surface area contributed by atoms with Gasteiger partial charge in [-0.1, -0.05) is 24.3 Å². The SMILES string of the molecule is O=C1CC(N2CCCc3ccccc32)C(=O)N1c1cccc(O)c1. The van der Waals surface area contributed by atoms with Crippen molar-refractivity contribution in [2.45, 2.75) is 25.3 Å². The van der Waals surface area contributed by atoms with Gasteiger partial charge in [-0.2, -0.15) is 0 Å². The molecule has 2 aliphatic rings. The van der Waals surface area contributed by atoms with Gasteiger partial charge in [-0.25, -0.2) is 4.90 Å². The number of aromatic hydroxyl groups is 1.